The van der Waals surface area contributed by atoms with Gasteiger partial charge in [0.25, 0.3) is 0 Å². The second-order valence-corrected chi connectivity index (χ2v) is 6.41. The summed E-state index contributed by atoms with van der Waals surface area (Å²) in [4.78, 5) is 31.0. The van der Waals surface area contributed by atoms with Crippen molar-refractivity contribution in [1.29, 1.82) is 0 Å². The number of rotatable bonds is 3. The smallest absolute Gasteiger partial charge is 0.412 e. The fourth-order valence-corrected chi connectivity index (χ4v) is 2.51. The monoisotopic (exact) mass is 350 g/mol. The number of phosphoric acid groups is 2. The maximum absolute atomic E-state index is 9.63. The first-order valence-corrected chi connectivity index (χ1v) is 8.66. The third-order valence-corrected chi connectivity index (χ3v) is 3.80. The van der Waals surface area contributed by atoms with E-state index in [2.05, 4.69) is 52.8 Å². The predicted molar refractivity (Wildman–Crippen MR) is 80.7 cm³/mol. The topological polar surface area (TPSA) is 156 Å². The predicted octanol–water partition coefficient (Wildman–Crippen LogP) is 1.72. The first-order chi connectivity index (χ1) is 9.67. The summed E-state index contributed by atoms with van der Waals surface area (Å²) in [5.74, 6) is 0. The van der Waals surface area contributed by atoms with Gasteiger partial charge in [0.1, 0.15) is 0 Å². The molecular formula is C12H16O8P2. The minimum atomic E-state index is -5.05. The highest BCUT2D eigenvalue weighted by Gasteiger charge is 2.27. The molecule has 8 nitrogen and oxygen atoms in total. The zero-order chi connectivity index (χ0) is 15.9. The lowest BCUT2D eigenvalue weighted by atomic mass is 10.1. The zero-order valence-electron chi connectivity index (χ0n) is 11.2. The average Bonchev–Trinajstić information content (AvgIpc) is 2.37. The number of hydrogen-bond acceptors (Lipinski definition) is 3. The van der Waals surface area contributed by atoms with Crippen LogP contribution in [0.3, 0.4) is 0 Å². The summed E-state index contributed by atoms with van der Waals surface area (Å²) in [5.41, 5.74) is 2.55. The molecule has 0 atom stereocenters. The number of hydrogen-bond donors (Lipinski definition) is 4. The van der Waals surface area contributed by atoms with Crippen molar-refractivity contribution in [3.63, 3.8) is 0 Å². The summed E-state index contributed by atoms with van der Waals surface area (Å²) in [6.07, 6.45) is 0. The highest BCUT2D eigenvalue weighted by Crippen LogP contribution is 2.53. The van der Waals surface area contributed by atoms with Crippen LogP contribution in [0, 0.1) is 0 Å². The summed E-state index contributed by atoms with van der Waals surface area (Å²) >= 11 is 0. The molecule has 122 valence electrons. The Hall–Kier alpha value is -1.34. The van der Waals surface area contributed by atoms with Crippen LogP contribution in [0.5, 0.6) is 0 Å². The summed E-state index contributed by atoms with van der Waals surface area (Å²) in [6.45, 7) is 0. The van der Waals surface area contributed by atoms with E-state index in [4.69, 9.17) is 19.6 Å². The van der Waals surface area contributed by atoms with Crippen LogP contribution in [0.1, 0.15) is 0 Å². The Bertz CT molecular complexity index is 577. The van der Waals surface area contributed by atoms with Gasteiger partial charge >= 0.3 is 15.6 Å². The molecule has 0 radical (unpaired) electrons. The first-order valence-electron chi connectivity index (χ1n) is 5.60. The highest BCUT2D eigenvalue weighted by molar-refractivity contribution is 7.60. The van der Waals surface area contributed by atoms with Gasteiger partial charge in [-0.05, 0) is 11.1 Å². The van der Waals surface area contributed by atoms with Crippen molar-refractivity contribution < 1.29 is 38.5 Å². The Kier molecular flexibility index (Phi) is 8.40. The van der Waals surface area contributed by atoms with Crippen molar-refractivity contribution in [2.24, 2.45) is 0 Å². The molecule has 0 heterocycles. The molecule has 0 unspecified atom stereocenters. The van der Waals surface area contributed by atoms with Crippen LogP contribution in [0.2, 0.25) is 0 Å². The average molecular weight is 350 g/mol. The van der Waals surface area contributed by atoms with Gasteiger partial charge in [0.2, 0.25) is 0 Å². The Balaban J connectivity index is 0.000000402. The fraction of sp³-hybridized carbons (Fsp3) is 0. The lowest BCUT2D eigenvalue weighted by molar-refractivity contribution is 0.225. The standard InChI is InChI=1S/C12H10.H4O7P2.H2O/c1-3-7-11(8-4-1)12-9-5-2-6-10-12;1-8(2,3)7-9(4,5)6;/h1-10H;(H2,1,2,3)(H2,4,5,6);1H2. The van der Waals surface area contributed by atoms with Crippen molar-refractivity contribution in [3.05, 3.63) is 60.7 Å². The van der Waals surface area contributed by atoms with E-state index in [0.717, 1.165) is 0 Å². The molecule has 0 aromatic heterocycles. The number of benzene rings is 2. The zero-order valence-corrected chi connectivity index (χ0v) is 13.0. The lowest BCUT2D eigenvalue weighted by Crippen LogP contribution is -1.84. The third kappa shape index (κ3) is 9.57. The largest absolute Gasteiger partial charge is 0.478 e. The lowest BCUT2D eigenvalue weighted by Gasteiger charge is -2.03. The summed E-state index contributed by atoms with van der Waals surface area (Å²) in [7, 11) is -10.1. The van der Waals surface area contributed by atoms with E-state index in [1.165, 1.54) is 11.1 Å². The molecule has 0 saturated heterocycles. The van der Waals surface area contributed by atoms with Crippen molar-refractivity contribution in [3.8, 4) is 11.1 Å². The van der Waals surface area contributed by atoms with Gasteiger partial charge in [0.15, 0.2) is 0 Å². The van der Waals surface area contributed by atoms with E-state index in [-0.39, 0.29) is 5.48 Å². The van der Waals surface area contributed by atoms with Gasteiger partial charge in [-0.1, -0.05) is 60.7 Å². The molecule has 2 aromatic rings. The van der Waals surface area contributed by atoms with E-state index in [1.807, 2.05) is 12.1 Å². The maximum Gasteiger partial charge on any atom is 0.478 e. The molecule has 2 rings (SSSR count). The minimum Gasteiger partial charge on any atom is -0.412 e. The van der Waals surface area contributed by atoms with Gasteiger partial charge in [-0.3, -0.25) is 0 Å². The van der Waals surface area contributed by atoms with Crippen LogP contribution in [-0.4, -0.2) is 25.0 Å². The second-order valence-electron chi connectivity index (χ2n) is 3.79. The van der Waals surface area contributed by atoms with E-state index < -0.39 is 15.6 Å². The van der Waals surface area contributed by atoms with Gasteiger partial charge in [0, 0.05) is 0 Å². The second kappa shape index (κ2) is 8.95. The van der Waals surface area contributed by atoms with E-state index in [0.29, 0.717) is 0 Å². The molecule has 10 heteroatoms. The van der Waals surface area contributed by atoms with E-state index in [9.17, 15) is 9.13 Å². The maximum atomic E-state index is 9.63. The molecule has 0 fully saturated rings. The molecule has 6 N–H and O–H groups in total. The Morgan fingerprint density at radius 1 is 0.636 bits per heavy atom. The van der Waals surface area contributed by atoms with Crippen molar-refractivity contribution >= 4 is 15.6 Å². The Morgan fingerprint density at radius 3 is 1.09 bits per heavy atom. The van der Waals surface area contributed by atoms with Gasteiger partial charge < -0.3 is 25.0 Å². The molecule has 22 heavy (non-hydrogen) atoms. The molecule has 0 amide bonds. The summed E-state index contributed by atoms with van der Waals surface area (Å²) < 4.78 is 22.2. The van der Waals surface area contributed by atoms with Crippen LogP contribution in [0.15, 0.2) is 60.7 Å². The quantitative estimate of drug-likeness (QED) is 0.614. The van der Waals surface area contributed by atoms with Gasteiger partial charge in [0.05, 0.1) is 0 Å². The normalized spacial score (nSPS) is 10.9. The van der Waals surface area contributed by atoms with Gasteiger partial charge in [-0.2, -0.15) is 4.31 Å². The summed E-state index contributed by atoms with van der Waals surface area (Å²) in [6, 6.07) is 20.8. The molecule has 0 aliphatic carbocycles. The molecule has 2 aromatic carbocycles. The van der Waals surface area contributed by atoms with E-state index >= 15 is 0 Å². The molecule has 0 aliphatic heterocycles. The van der Waals surface area contributed by atoms with Gasteiger partial charge in [-0.15, -0.1) is 0 Å². The minimum absolute atomic E-state index is 0. The van der Waals surface area contributed by atoms with Crippen LogP contribution < -0.4 is 0 Å². The molecule has 0 saturated carbocycles. The molecule has 0 bridgehead atoms. The molecule has 0 aliphatic rings. The van der Waals surface area contributed by atoms with Crippen molar-refractivity contribution in [2.45, 2.75) is 0 Å². The van der Waals surface area contributed by atoms with E-state index in [1.54, 1.807) is 0 Å². The van der Waals surface area contributed by atoms with Crippen molar-refractivity contribution in [2.75, 3.05) is 0 Å². The van der Waals surface area contributed by atoms with Gasteiger partial charge in [-0.25, -0.2) is 9.13 Å². The summed E-state index contributed by atoms with van der Waals surface area (Å²) in [5, 5.41) is 0. The van der Waals surface area contributed by atoms with Crippen LogP contribution in [0.25, 0.3) is 11.1 Å². The highest BCUT2D eigenvalue weighted by atomic mass is 31.3. The van der Waals surface area contributed by atoms with Crippen LogP contribution >= 0.6 is 15.6 Å². The van der Waals surface area contributed by atoms with Crippen LogP contribution in [0.4, 0.5) is 0 Å². The fourth-order valence-electron chi connectivity index (χ4n) is 1.40. The SMILES string of the molecule is O.O=P(O)(O)OP(=O)(O)O.c1ccc(-c2ccccc2)cc1. The Labute approximate surface area is 126 Å². The molecular weight excluding hydrogens is 334 g/mol. The van der Waals surface area contributed by atoms with Crippen LogP contribution in [-0.2, 0) is 13.4 Å². The third-order valence-electron chi connectivity index (χ3n) is 2.09. The molecule has 0 spiro atoms. The first kappa shape index (κ1) is 20.7. The van der Waals surface area contributed by atoms with Crippen molar-refractivity contribution in [1.82, 2.24) is 0 Å². The Morgan fingerprint density at radius 2 is 0.909 bits per heavy atom.